The van der Waals surface area contributed by atoms with E-state index >= 15 is 0 Å². The molecule has 0 aliphatic rings. The van der Waals surface area contributed by atoms with Gasteiger partial charge in [-0.1, -0.05) is 6.08 Å². The van der Waals surface area contributed by atoms with Crippen molar-refractivity contribution in [2.45, 2.75) is 67.9 Å². The van der Waals surface area contributed by atoms with E-state index in [1.807, 2.05) is 13.0 Å². The zero-order valence-corrected chi connectivity index (χ0v) is 16.9. The van der Waals surface area contributed by atoms with E-state index in [1.165, 1.54) is 0 Å². The molecule has 0 unspecified atom stereocenters. The van der Waals surface area contributed by atoms with Crippen molar-refractivity contribution in [3.05, 3.63) is 23.3 Å². The van der Waals surface area contributed by atoms with Gasteiger partial charge in [-0.3, -0.25) is 9.59 Å². The van der Waals surface area contributed by atoms with Crippen LogP contribution in [-0.2, 0) is 19.1 Å². The number of aliphatic hydroxyl groups excluding tert-OH is 1. The largest absolute Gasteiger partial charge is 0.461 e. The summed E-state index contributed by atoms with van der Waals surface area (Å²) in [5, 5.41) is 10.1. The van der Waals surface area contributed by atoms with Gasteiger partial charge in [-0.15, -0.1) is 0 Å². The Bertz CT molecular complexity index is 515. The molecule has 0 heterocycles. The minimum absolute atomic E-state index is 0.144. The van der Waals surface area contributed by atoms with Crippen LogP contribution in [0.15, 0.2) is 23.3 Å². The molecule has 0 aliphatic heterocycles. The van der Waals surface area contributed by atoms with Crippen molar-refractivity contribution in [3.8, 4) is 0 Å². The van der Waals surface area contributed by atoms with Gasteiger partial charge in [0.2, 0.25) is 0 Å². The molecule has 0 bridgehead atoms. The number of hydrogen-bond donors (Lipinski definition) is 1. The molecular weight excluding hydrogens is 320 g/mol. The maximum Gasteiger partial charge on any atom is 0.311 e. The van der Waals surface area contributed by atoms with E-state index in [1.54, 1.807) is 54.5 Å². The molecule has 0 spiro atoms. The third-order valence-electron chi connectivity index (χ3n) is 3.49. The van der Waals surface area contributed by atoms with Crippen molar-refractivity contribution in [3.63, 3.8) is 0 Å². The fourth-order valence-corrected chi connectivity index (χ4v) is 1.55. The smallest absolute Gasteiger partial charge is 0.311 e. The lowest BCUT2D eigenvalue weighted by atomic mass is 9.97. The first-order chi connectivity index (χ1) is 11.2. The Morgan fingerprint density at radius 1 is 0.920 bits per heavy atom. The van der Waals surface area contributed by atoms with Crippen LogP contribution in [0, 0.1) is 10.8 Å². The van der Waals surface area contributed by atoms with Gasteiger partial charge in [0.05, 0.1) is 16.9 Å². The number of esters is 2. The summed E-state index contributed by atoms with van der Waals surface area (Å²) in [5.74, 6) is -0.528. The van der Waals surface area contributed by atoms with E-state index in [4.69, 9.17) is 9.47 Å². The highest BCUT2D eigenvalue weighted by molar-refractivity contribution is 5.75. The van der Waals surface area contributed by atoms with Gasteiger partial charge in [-0.05, 0) is 79.0 Å². The third kappa shape index (κ3) is 10.1. The minimum atomic E-state index is -0.665. The Morgan fingerprint density at radius 2 is 1.40 bits per heavy atom. The molecule has 0 fully saturated rings. The van der Waals surface area contributed by atoms with Crippen LogP contribution >= 0.6 is 0 Å². The second kappa shape index (κ2) is 9.76. The summed E-state index contributed by atoms with van der Waals surface area (Å²) in [6.07, 6.45) is 3.30. The first-order valence-electron chi connectivity index (χ1n) is 8.60. The Kier molecular flexibility index (Phi) is 9.12. The molecule has 0 aromatic heterocycles. The average Bonchev–Trinajstić information content (AvgIpc) is 2.47. The summed E-state index contributed by atoms with van der Waals surface area (Å²) in [6, 6.07) is 0. The average molecular weight is 354 g/mol. The first kappa shape index (κ1) is 23.4. The molecule has 0 aromatic rings. The molecular formula is C20H34O5. The standard InChI is InChI=1S/C20H34O5/c1-14(13-25-18(23)20(6,7)8)9-10-16(21)15(2)11-12-24-17(22)19(3,4)5/h9,11,16,21H,10,12-13H2,1-8H3/b14-9+,15-11+/t16-/m1/s1. The van der Waals surface area contributed by atoms with Crippen LogP contribution in [0.5, 0.6) is 0 Å². The maximum absolute atomic E-state index is 11.7. The van der Waals surface area contributed by atoms with Crippen molar-refractivity contribution >= 4 is 11.9 Å². The van der Waals surface area contributed by atoms with E-state index in [-0.39, 0.29) is 25.2 Å². The zero-order valence-electron chi connectivity index (χ0n) is 16.9. The fraction of sp³-hybridized carbons (Fsp3) is 0.700. The highest BCUT2D eigenvalue weighted by Gasteiger charge is 2.23. The maximum atomic E-state index is 11.7. The minimum Gasteiger partial charge on any atom is -0.461 e. The van der Waals surface area contributed by atoms with Crippen LogP contribution < -0.4 is 0 Å². The highest BCUT2D eigenvalue weighted by Crippen LogP contribution is 2.17. The summed E-state index contributed by atoms with van der Waals surface area (Å²) in [7, 11) is 0. The predicted octanol–water partition coefficient (Wildman–Crippen LogP) is 3.81. The molecule has 25 heavy (non-hydrogen) atoms. The van der Waals surface area contributed by atoms with E-state index in [0.717, 1.165) is 11.1 Å². The summed E-state index contributed by atoms with van der Waals surface area (Å²) < 4.78 is 10.4. The highest BCUT2D eigenvalue weighted by atomic mass is 16.5. The number of ether oxygens (including phenoxy) is 2. The normalized spacial score (nSPS) is 14.9. The van der Waals surface area contributed by atoms with Gasteiger partial charge in [-0.2, -0.15) is 0 Å². The molecule has 0 saturated heterocycles. The van der Waals surface area contributed by atoms with Crippen LogP contribution in [0.1, 0.15) is 61.8 Å². The van der Waals surface area contributed by atoms with E-state index in [0.29, 0.717) is 6.42 Å². The molecule has 0 radical (unpaired) electrons. The van der Waals surface area contributed by atoms with Gasteiger partial charge in [0.25, 0.3) is 0 Å². The molecule has 0 saturated carbocycles. The second-order valence-corrected chi connectivity index (χ2v) is 8.42. The quantitative estimate of drug-likeness (QED) is 0.556. The lowest BCUT2D eigenvalue weighted by Crippen LogP contribution is -2.23. The molecule has 5 heteroatoms. The third-order valence-corrected chi connectivity index (χ3v) is 3.49. The molecule has 5 nitrogen and oxygen atoms in total. The number of aliphatic hydroxyl groups is 1. The number of hydrogen-bond acceptors (Lipinski definition) is 5. The fourth-order valence-electron chi connectivity index (χ4n) is 1.55. The molecule has 0 rings (SSSR count). The van der Waals surface area contributed by atoms with Crippen molar-refractivity contribution in [1.82, 2.24) is 0 Å². The lowest BCUT2D eigenvalue weighted by molar-refractivity contribution is -0.152. The van der Waals surface area contributed by atoms with E-state index in [2.05, 4.69) is 0 Å². The predicted molar refractivity (Wildman–Crippen MR) is 99.0 cm³/mol. The number of carbonyl (C=O) groups is 2. The van der Waals surface area contributed by atoms with Crippen molar-refractivity contribution in [1.29, 1.82) is 0 Å². The summed E-state index contributed by atoms with van der Waals surface area (Å²) >= 11 is 0. The number of rotatable bonds is 7. The van der Waals surface area contributed by atoms with Crippen LogP contribution in [-0.4, -0.2) is 36.4 Å². The van der Waals surface area contributed by atoms with Gasteiger partial charge in [0.1, 0.15) is 13.2 Å². The van der Waals surface area contributed by atoms with Gasteiger partial charge < -0.3 is 14.6 Å². The second-order valence-electron chi connectivity index (χ2n) is 8.42. The monoisotopic (exact) mass is 354 g/mol. The van der Waals surface area contributed by atoms with Gasteiger partial charge in [-0.25, -0.2) is 0 Å². The topological polar surface area (TPSA) is 72.8 Å². The Labute approximate surface area is 152 Å². The van der Waals surface area contributed by atoms with E-state index in [9.17, 15) is 14.7 Å². The summed E-state index contributed by atoms with van der Waals surface area (Å²) in [6.45, 7) is 14.8. The van der Waals surface area contributed by atoms with Gasteiger partial charge in [0.15, 0.2) is 0 Å². The molecule has 0 amide bonds. The van der Waals surface area contributed by atoms with Gasteiger partial charge >= 0.3 is 11.9 Å². The Morgan fingerprint density at radius 3 is 1.88 bits per heavy atom. The Balaban J connectivity index is 4.38. The van der Waals surface area contributed by atoms with Crippen LogP contribution in [0.2, 0.25) is 0 Å². The van der Waals surface area contributed by atoms with Crippen LogP contribution in [0.25, 0.3) is 0 Å². The molecule has 0 aliphatic carbocycles. The lowest BCUT2D eigenvalue weighted by Gasteiger charge is -2.17. The van der Waals surface area contributed by atoms with E-state index < -0.39 is 16.9 Å². The van der Waals surface area contributed by atoms with Crippen molar-refractivity contribution in [2.24, 2.45) is 10.8 Å². The number of carbonyl (C=O) groups excluding carboxylic acids is 2. The van der Waals surface area contributed by atoms with Crippen molar-refractivity contribution in [2.75, 3.05) is 13.2 Å². The molecule has 1 atom stereocenters. The zero-order chi connectivity index (χ0) is 19.8. The van der Waals surface area contributed by atoms with Crippen LogP contribution in [0.4, 0.5) is 0 Å². The first-order valence-corrected chi connectivity index (χ1v) is 8.60. The molecule has 144 valence electrons. The summed E-state index contributed by atoms with van der Waals surface area (Å²) in [5.41, 5.74) is 0.551. The van der Waals surface area contributed by atoms with Crippen molar-refractivity contribution < 1.29 is 24.2 Å². The molecule has 0 aromatic carbocycles. The Hall–Kier alpha value is -1.62. The van der Waals surface area contributed by atoms with Crippen LogP contribution in [0.3, 0.4) is 0 Å². The van der Waals surface area contributed by atoms with Gasteiger partial charge in [0, 0.05) is 0 Å². The SMILES string of the molecule is C/C(=C\C[C@@H](O)/C(C)=C/COC(=O)C(C)(C)C)COC(=O)C(C)(C)C. The molecule has 1 N–H and O–H groups in total. The summed E-state index contributed by atoms with van der Waals surface area (Å²) in [4.78, 5) is 23.4.